The molecule has 0 aliphatic carbocycles. The van der Waals surface area contributed by atoms with Crippen molar-refractivity contribution in [1.29, 1.82) is 0 Å². The van der Waals surface area contributed by atoms with Gasteiger partial charge in [0.25, 0.3) is 5.91 Å². The van der Waals surface area contributed by atoms with Gasteiger partial charge in [0.15, 0.2) is 5.60 Å². The van der Waals surface area contributed by atoms with Crippen molar-refractivity contribution in [3.8, 4) is 0 Å². The summed E-state index contributed by atoms with van der Waals surface area (Å²) in [5, 5.41) is 11.0. The molecule has 3 rings (SSSR count). The molecule has 0 aromatic heterocycles. The monoisotopic (exact) mass is 267 g/mol. The first-order chi connectivity index (χ1) is 9.52. The fourth-order valence-electron chi connectivity index (χ4n) is 2.84. The predicted octanol–water partition coefficient (Wildman–Crippen LogP) is 2.40. The second-order valence-electron chi connectivity index (χ2n) is 5.41. The van der Waals surface area contributed by atoms with Crippen molar-refractivity contribution in [2.75, 3.05) is 11.9 Å². The van der Waals surface area contributed by atoms with Gasteiger partial charge in [-0.15, -0.1) is 0 Å². The standard InChI is InChI=1S/C17H17NO2/c1-12-8-9-15-14(10-12)17(20,16(19)18(15)2)11-13-6-4-3-5-7-13/h3-10,20H,11H2,1-2H3. The van der Waals surface area contributed by atoms with Crippen LogP contribution in [-0.2, 0) is 16.8 Å². The molecule has 2 aromatic carbocycles. The maximum absolute atomic E-state index is 12.5. The molecule has 1 N–H and O–H groups in total. The SMILES string of the molecule is Cc1ccc2c(c1)C(O)(Cc1ccccc1)C(=O)N2C. The summed E-state index contributed by atoms with van der Waals surface area (Å²) in [5.74, 6) is -0.262. The highest BCUT2D eigenvalue weighted by molar-refractivity contribution is 6.06. The van der Waals surface area contributed by atoms with Gasteiger partial charge in [0, 0.05) is 19.0 Å². The van der Waals surface area contributed by atoms with E-state index in [0.29, 0.717) is 12.0 Å². The molecule has 1 amide bonds. The number of carbonyl (C=O) groups excluding carboxylic acids is 1. The Labute approximate surface area is 118 Å². The van der Waals surface area contributed by atoms with E-state index in [0.717, 1.165) is 16.8 Å². The highest BCUT2D eigenvalue weighted by atomic mass is 16.3. The number of anilines is 1. The minimum absolute atomic E-state index is 0.262. The van der Waals surface area contributed by atoms with Crippen LogP contribution < -0.4 is 4.90 Å². The van der Waals surface area contributed by atoms with E-state index in [1.165, 1.54) is 4.90 Å². The van der Waals surface area contributed by atoms with Crippen molar-refractivity contribution < 1.29 is 9.90 Å². The molecule has 102 valence electrons. The minimum atomic E-state index is -1.46. The number of rotatable bonds is 2. The van der Waals surface area contributed by atoms with Gasteiger partial charge in [-0.3, -0.25) is 4.79 Å². The van der Waals surface area contributed by atoms with Crippen LogP contribution in [0.2, 0.25) is 0 Å². The molecule has 0 saturated carbocycles. The van der Waals surface area contributed by atoms with Crippen LogP contribution in [-0.4, -0.2) is 18.1 Å². The third-order valence-corrected chi connectivity index (χ3v) is 3.92. The molecule has 3 heteroatoms. The van der Waals surface area contributed by atoms with E-state index in [1.807, 2.05) is 55.5 Å². The molecule has 3 nitrogen and oxygen atoms in total. The lowest BCUT2D eigenvalue weighted by Crippen LogP contribution is -2.40. The Balaban J connectivity index is 2.09. The summed E-state index contributed by atoms with van der Waals surface area (Å²) in [6.07, 6.45) is 0.299. The molecule has 0 bridgehead atoms. The topological polar surface area (TPSA) is 40.5 Å². The second kappa shape index (κ2) is 4.46. The maximum Gasteiger partial charge on any atom is 0.263 e. The number of benzene rings is 2. The zero-order valence-electron chi connectivity index (χ0n) is 11.6. The van der Waals surface area contributed by atoms with Crippen LogP contribution in [0.4, 0.5) is 5.69 Å². The van der Waals surface area contributed by atoms with Gasteiger partial charge in [0.05, 0.1) is 5.69 Å². The number of amides is 1. The summed E-state index contributed by atoms with van der Waals surface area (Å²) in [4.78, 5) is 14.0. The Kier molecular flexibility index (Phi) is 2.87. The van der Waals surface area contributed by atoms with Gasteiger partial charge in [0.2, 0.25) is 0 Å². The first kappa shape index (κ1) is 12.9. The summed E-state index contributed by atoms with van der Waals surface area (Å²) in [6.45, 7) is 1.96. The first-order valence-electron chi connectivity index (χ1n) is 6.68. The van der Waals surface area contributed by atoms with Crippen LogP contribution in [0.25, 0.3) is 0 Å². The van der Waals surface area contributed by atoms with Crippen molar-refractivity contribution in [3.05, 3.63) is 65.2 Å². The Hall–Kier alpha value is -2.13. The molecule has 1 unspecified atom stereocenters. The van der Waals surface area contributed by atoms with Gasteiger partial charge in [-0.1, -0.05) is 48.0 Å². The average Bonchev–Trinajstić information content (AvgIpc) is 2.62. The Bertz CT molecular complexity index is 666. The smallest absolute Gasteiger partial charge is 0.263 e. The molecular formula is C17H17NO2. The molecular weight excluding hydrogens is 250 g/mol. The predicted molar refractivity (Wildman–Crippen MR) is 78.6 cm³/mol. The van der Waals surface area contributed by atoms with Crippen LogP contribution in [0.3, 0.4) is 0 Å². The highest BCUT2D eigenvalue weighted by Gasteiger charge is 2.48. The molecule has 2 aromatic rings. The molecule has 0 saturated heterocycles. The van der Waals surface area contributed by atoms with E-state index in [4.69, 9.17) is 0 Å². The number of aliphatic hydroxyl groups is 1. The zero-order valence-corrected chi connectivity index (χ0v) is 11.6. The average molecular weight is 267 g/mol. The van der Waals surface area contributed by atoms with Crippen LogP contribution in [0.1, 0.15) is 16.7 Å². The van der Waals surface area contributed by atoms with Gasteiger partial charge >= 0.3 is 0 Å². The number of likely N-dealkylation sites (N-methyl/N-ethyl adjacent to an activating group) is 1. The van der Waals surface area contributed by atoms with Crippen molar-refractivity contribution in [1.82, 2.24) is 0 Å². The molecule has 20 heavy (non-hydrogen) atoms. The van der Waals surface area contributed by atoms with E-state index >= 15 is 0 Å². The largest absolute Gasteiger partial charge is 0.375 e. The van der Waals surface area contributed by atoms with Gasteiger partial charge in [0.1, 0.15) is 0 Å². The molecule has 0 radical (unpaired) electrons. The number of hydrogen-bond acceptors (Lipinski definition) is 2. The molecule has 0 spiro atoms. The Morgan fingerprint density at radius 3 is 2.55 bits per heavy atom. The third-order valence-electron chi connectivity index (χ3n) is 3.92. The lowest BCUT2D eigenvalue weighted by Gasteiger charge is -2.22. The van der Waals surface area contributed by atoms with Crippen molar-refractivity contribution in [3.63, 3.8) is 0 Å². The van der Waals surface area contributed by atoms with Crippen LogP contribution >= 0.6 is 0 Å². The normalized spacial score (nSPS) is 21.1. The quantitative estimate of drug-likeness (QED) is 0.907. The summed E-state index contributed by atoms with van der Waals surface area (Å²) >= 11 is 0. The summed E-state index contributed by atoms with van der Waals surface area (Å²) < 4.78 is 0. The molecule has 1 atom stereocenters. The third kappa shape index (κ3) is 1.82. The van der Waals surface area contributed by atoms with Crippen molar-refractivity contribution in [2.45, 2.75) is 18.9 Å². The summed E-state index contributed by atoms with van der Waals surface area (Å²) in [5.41, 5.74) is 2.02. The lowest BCUT2D eigenvalue weighted by molar-refractivity contribution is -0.135. The van der Waals surface area contributed by atoms with E-state index in [-0.39, 0.29) is 5.91 Å². The maximum atomic E-state index is 12.5. The molecule has 1 heterocycles. The van der Waals surface area contributed by atoms with Crippen LogP contribution in [0.15, 0.2) is 48.5 Å². The summed E-state index contributed by atoms with van der Waals surface area (Å²) in [7, 11) is 1.71. The molecule has 1 aliphatic rings. The molecule has 1 aliphatic heterocycles. The number of fused-ring (bicyclic) bond motifs is 1. The van der Waals surface area contributed by atoms with Gasteiger partial charge < -0.3 is 10.0 Å². The summed E-state index contributed by atoms with van der Waals surface area (Å²) in [6, 6.07) is 15.4. The number of nitrogens with zero attached hydrogens (tertiary/aromatic N) is 1. The first-order valence-corrected chi connectivity index (χ1v) is 6.68. The number of carbonyl (C=O) groups is 1. The Morgan fingerprint density at radius 1 is 1.15 bits per heavy atom. The van der Waals surface area contributed by atoms with E-state index in [9.17, 15) is 9.90 Å². The zero-order chi connectivity index (χ0) is 14.3. The minimum Gasteiger partial charge on any atom is -0.375 e. The fraction of sp³-hybridized carbons (Fsp3) is 0.235. The van der Waals surface area contributed by atoms with Crippen molar-refractivity contribution in [2.24, 2.45) is 0 Å². The lowest BCUT2D eigenvalue weighted by atomic mass is 9.88. The van der Waals surface area contributed by atoms with Crippen LogP contribution in [0, 0.1) is 6.92 Å². The van der Waals surface area contributed by atoms with Gasteiger partial charge in [-0.2, -0.15) is 0 Å². The van der Waals surface area contributed by atoms with Gasteiger partial charge in [-0.05, 0) is 18.6 Å². The highest BCUT2D eigenvalue weighted by Crippen LogP contribution is 2.41. The molecule has 0 fully saturated rings. The Morgan fingerprint density at radius 2 is 1.85 bits per heavy atom. The van der Waals surface area contributed by atoms with Gasteiger partial charge in [-0.25, -0.2) is 0 Å². The van der Waals surface area contributed by atoms with E-state index in [1.54, 1.807) is 7.05 Å². The van der Waals surface area contributed by atoms with E-state index in [2.05, 4.69) is 0 Å². The number of aryl methyl sites for hydroxylation is 1. The fourth-order valence-corrected chi connectivity index (χ4v) is 2.84. The van der Waals surface area contributed by atoms with Crippen LogP contribution in [0.5, 0.6) is 0 Å². The van der Waals surface area contributed by atoms with Crippen molar-refractivity contribution >= 4 is 11.6 Å². The second-order valence-corrected chi connectivity index (χ2v) is 5.41. The number of hydrogen-bond donors (Lipinski definition) is 1. The van der Waals surface area contributed by atoms with E-state index < -0.39 is 5.60 Å².